The molecule has 0 unspecified atom stereocenters. The Bertz CT molecular complexity index is 1340. The van der Waals surface area contributed by atoms with Crippen molar-refractivity contribution in [2.75, 3.05) is 32.2 Å². The number of nitrogens with zero attached hydrogens (tertiary/aromatic N) is 2. The quantitative estimate of drug-likeness (QED) is 0.434. The first-order chi connectivity index (χ1) is 17.3. The molecule has 0 saturated heterocycles. The zero-order chi connectivity index (χ0) is 25.9. The molecule has 1 N–H and O–H groups in total. The maximum atomic E-state index is 13.5. The first kappa shape index (κ1) is 25.4. The molecule has 3 aromatic rings. The minimum atomic E-state index is -3.34. The number of hydrogen-bond donors (Lipinski definition) is 1. The summed E-state index contributed by atoms with van der Waals surface area (Å²) >= 11 is 0. The second-order valence-electron chi connectivity index (χ2n) is 7.97. The van der Waals surface area contributed by atoms with Gasteiger partial charge >= 0.3 is 0 Å². The summed E-state index contributed by atoms with van der Waals surface area (Å²) in [5, 5.41) is 7.38. The van der Waals surface area contributed by atoms with Crippen molar-refractivity contribution in [2.24, 2.45) is 0 Å². The molecule has 1 aliphatic heterocycles. The number of nitrogens with one attached hydrogen (secondary N) is 1. The number of amides is 1. The lowest BCUT2D eigenvalue weighted by molar-refractivity contribution is 0.102. The van der Waals surface area contributed by atoms with Crippen LogP contribution in [0.25, 0.3) is 5.69 Å². The van der Waals surface area contributed by atoms with E-state index >= 15 is 0 Å². The van der Waals surface area contributed by atoms with E-state index < -0.39 is 15.7 Å². The van der Waals surface area contributed by atoms with Crippen molar-refractivity contribution in [3.8, 4) is 28.7 Å². The average Bonchev–Trinajstić information content (AvgIpc) is 3.33. The third kappa shape index (κ3) is 5.11. The summed E-state index contributed by atoms with van der Waals surface area (Å²) in [7, 11) is -1.77. The molecule has 1 aliphatic rings. The lowest BCUT2D eigenvalue weighted by Gasteiger charge is -2.17. The summed E-state index contributed by atoms with van der Waals surface area (Å²) < 4.78 is 48.5. The standard InChI is InChI=1S/C25H29N3O7S/c1-5-33-21-12-16(13-22(34-6-2)23(21)35-7-3)25(29)26-24-19-14-36(30,31)15-20(19)27-28(24)17-8-10-18(32-4)11-9-17/h8-13H,5-7,14-15H2,1-4H3,(H,26,29). The lowest BCUT2D eigenvalue weighted by Crippen LogP contribution is -2.17. The Hall–Kier alpha value is -3.73. The Balaban J connectivity index is 1.76. The van der Waals surface area contributed by atoms with Crippen LogP contribution in [-0.2, 0) is 21.3 Å². The van der Waals surface area contributed by atoms with Crippen LogP contribution < -0.4 is 24.3 Å². The van der Waals surface area contributed by atoms with Gasteiger partial charge in [-0.1, -0.05) is 0 Å². The molecule has 1 aromatic heterocycles. The van der Waals surface area contributed by atoms with Gasteiger partial charge in [0.1, 0.15) is 11.6 Å². The van der Waals surface area contributed by atoms with Crippen LogP contribution >= 0.6 is 0 Å². The van der Waals surface area contributed by atoms with E-state index in [2.05, 4.69) is 10.4 Å². The molecule has 36 heavy (non-hydrogen) atoms. The smallest absolute Gasteiger partial charge is 0.257 e. The van der Waals surface area contributed by atoms with Gasteiger partial charge in [-0.15, -0.1) is 0 Å². The van der Waals surface area contributed by atoms with Crippen molar-refractivity contribution in [1.29, 1.82) is 0 Å². The summed E-state index contributed by atoms with van der Waals surface area (Å²) in [5.74, 6) is 1.29. The monoisotopic (exact) mass is 515 g/mol. The number of anilines is 1. The second kappa shape index (κ2) is 10.5. The topological polar surface area (TPSA) is 118 Å². The molecule has 10 nitrogen and oxygen atoms in total. The van der Waals surface area contributed by atoms with E-state index in [-0.39, 0.29) is 17.1 Å². The number of sulfone groups is 1. The van der Waals surface area contributed by atoms with Crippen LogP contribution in [0.15, 0.2) is 36.4 Å². The lowest BCUT2D eigenvalue weighted by atomic mass is 10.1. The van der Waals surface area contributed by atoms with E-state index in [1.165, 1.54) is 4.68 Å². The normalized spacial score (nSPS) is 13.7. The molecule has 0 spiro atoms. The molecule has 4 rings (SSSR count). The van der Waals surface area contributed by atoms with Gasteiger partial charge in [-0.2, -0.15) is 5.10 Å². The van der Waals surface area contributed by atoms with Crippen LogP contribution in [0, 0.1) is 0 Å². The molecule has 2 heterocycles. The molecular weight excluding hydrogens is 486 g/mol. The molecule has 0 aliphatic carbocycles. The van der Waals surface area contributed by atoms with Gasteiger partial charge in [-0.05, 0) is 57.2 Å². The molecular formula is C25H29N3O7S. The molecule has 11 heteroatoms. The Morgan fingerprint density at radius 3 is 2.14 bits per heavy atom. The molecule has 0 radical (unpaired) electrons. The maximum Gasteiger partial charge on any atom is 0.257 e. The number of rotatable bonds is 10. The highest BCUT2D eigenvalue weighted by atomic mass is 32.2. The average molecular weight is 516 g/mol. The third-order valence-electron chi connectivity index (χ3n) is 5.51. The van der Waals surface area contributed by atoms with Gasteiger partial charge in [-0.25, -0.2) is 13.1 Å². The van der Waals surface area contributed by atoms with Crippen LogP contribution in [0.5, 0.6) is 23.0 Å². The Morgan fingerprint density at radius 2 is 1.58 bits per heavy atom. The van der Waals surface area contributed by atoms with E-state index in [0.717, 1.165) is 0 Å². The van der Waals surface area contributed by atoms with Crippen molar-refractivity contribution in [3.63, 3.8) is 0 Å². The van der Waals surface area contributed by atoms with Crippen LogP contribution in [0.1, 0.15) is 42.4 Å². The van der Waals surface area contributed by atoms with E-state index in [1.807, 2.05) is 20.8 Å². The fourth-order valence-corrected chi connectivity index (χ4v) is 5.47. The first-order valence-electron chi connectivity index (χ1n) is 11.6. The van der Waals surface area contributed by atoms with E-state index in [0.29, 0.717) is 65.6 Å². The molecule has 0 fully saturated rings. The van der Waals surface area contributed by atoms with Crippen molar-refractivity contribution >= 4 is 21.6 Å². The summed E-state index contributed by atoms with van der Waals surface area (Å²) in [6, 6.07) is 10.2. The van der Waals surface area contributed by atoms with E-state index in [1.54, 1.807) is 43.5 Å². The number of carbonyl (C=O) groups excluding carboxylic acids is 1. The maximum absolute atomic E-state index is 13.5. The van der Waals surface area contributed by atoms with Crippen molar-refractivity contribution < 1.29 is 32.2 Å². The van der Waals surface area contributed by atoms with Crippen molar-refractivity contribution in [1.82, 2.24) is 9.78 Å². The number of methoxy groups -OCH3 is 1. The van der Waals surface area contributed by atoms with Gasteiger partial charge in [0.2, 0.25) is 5.75 Å². The van der Waals surface area contributed by atoms with Crippen LogP contribution in [0.2, 0.25) is 0 Å². The molecule has 0 bridgehead atoms. The van der Waals surface area contributed by atoms with E-state index in [9.17, 15) is 13.2 Å². The Labute approximate surface area is 210 Å². The van der Waals surface area contributed by atoms with Gasteiger partial charge in [0.25, 0.3) is 5.91 Å². The Morgan fingerprint density at radius 1 is 0.972 bits per heavy atom. The SMILES string of the molecule is CCOc1cc(C(=O)Nc2c3c(nn2-c2ccc(OC)cc2)CS(=O)(=O)C3)cc(OCC)c1OCC. The summed E-state index contributed by atoms with van der Waals surface area (Å²) in [6.07, 6.45) is 0. The molecule has 2 aromatic carbocycles. The predicted octanol–water partition coefficient (Wildman–Crippen LogP) is 3.76. The third-order valence-corrected chi connectivity index (χ3v) is 6.95. The van der Waals surface area contributed by atoms with Crippen LogP contribution in [0.3, 0.4) is 0 Å². The minimum Gasteiger partial charge on any atom is -0.497 e. The number of carbonyl (C=O) groups is 1. The number of ether oxygens (including phenoxy) is 4. The Kier molecular flexibility index (Phi) is 7.39. The summed E-state index contributed by atoms with van der Waals surface area (Å²) in [6.45, 7) is 6.65. The second-order valence-corrected chi connectivity index (χ2v) is 10.0. The van der Waals surface area contributed by atoms with Crippen molar-refractivity contribution in [2.45, 2.75) is 32.3 Å². The van der Waals surface area contributed by atoms with Gasteiger partial charge in [0.05, 0.1) is 49.8 Å². The van der Waals surface area contributed by atoms with Gasteiger partial charge in [-0.3, -0.25) is 4.79 Å². The summed E-state index contributed by atoms with van der Waals surface area (Å²) in [5.41, 5.74) is 1.80. The fourth-order valence-electron chi connectivity index (χ4n) is 3.98. The number of aromatic nitrogens is 2. The summed E-state index contributed by atoms with van der Waals surface area (Å²) in [4.78, 5) is 13.5. The van der Waals surface area contributed by atoms with Crippen LogP contribution in [-0.4, -0.2) is 51.0 Å². The molecule has 192 valence electrons. The van der Waals surface area contributed by atoms with Crippen LogP contribution in [0.4, 0.5) is 5.82 Å². The van der Waals surface area contributed by atoms with Crippen molar-refractivity contribution in [3.05, 3.63) is 53.2 Å². The van der Waals surface area contributed by atoms with E-state index in [4.69, 9.17) is 18.9 Å². The molecule has 0 atom stereocenters. The zero-order valence-corrected chi connectivity index (χ0v) is 21.5. The highest BCUT2D eigenvalue weighted by Crippen LogP contribution is 2.40. The first-order valence-corrected chi connectivity index (χ1v) is 13.5. The molecule has 0 saturated carbocycles. The molecule has 1 amide bonds. The fraction of sp³-hybridized carbons (Fsp3) is 0.360. The minimum absolute atomic E-state index is 0.180. The van der Waals surface area contributed by atoms with Gasteiger partial charge in [0.15, 0.2) is 21.3 Å². The highest BCUT2D eigenvalue weighted by molar-refractivity contribution is 7.90. The zero-order valence-electron chi connectivity index (χ0n) is 20.7. The number of hydrogen-bond acceptors (Lipinski definition) is 8. The highest BCUT2D eigenvalue weighted by Gasteiger charge is 2.33. The van der Waals surface area contributed by atoms with Gasteiger partial charge in [0, 0.05) is 11.1 Å². The number of benzene rings is 2. The van der Waals surface area contributed by atoms with Gasteiger partial charge < -0.3 is 24.3 Å². The predicted molar refractivity (Wildman–Crippen MR) is 134 cm³/mol. The largest absolute Gasteiger partial charge is 0.497 e. The number of fused-ring (bicyclic) bond motifs is 1.